The maximum atomic E-state index is 9.10. The van der Waals surface area contributed by atoms with Crippen molar-refractivity contribution < 1.29 is 0 Å². The number of rotatable bonds is 6. The molecule has 4 rings (SSSR count). The number of hydrogen-bond acceptors (Lipinski definition) is 8. The first-order valence-corrected chi connectivity index (χ1v) is 11.0. The Balaban J connectivity index is 1.68. The number of anilines is 2. The molecule has 1 fully saturated rings. The van der Waals surface area contributed by atoms with Crippen LogP contribution in [0.4, 0.5) is 11.4 Å². The Hall–Kier alpha value is -3.64. The van der Waals surface area contributed by atoms with Gasteiger partial charge in [-0.15, -0.1) is 0 Å². The zero-order valence-electron chi connectivity index (χ0n) is 18.5. The summed E-state index contributed by atoms with van der Waals surface area (Å²) in [5.74, 6) is 7.38. The molecule has 0 aliphatic heterocycles. The molecule has 32 heavy (non-hydrogen) atoms. The molecule has 0 bridgehead atoms. The number of allylic oxidation sites excluding steroid dienone is 1. The van der Waals surface area contributed by atoms with Crippen molar-refractivity contribution in [3.8, 4) is 11.9 Å². The first-order valence-electron chi connectivity index (χ1n) is 11.0. The fraction of sp³-hybridized carbons (Fsp3) is 0.391. The summed E-state index contributed by atoms with van der Waals surface area (Å²) in [4.78, 5) is 8.97. The summed E-state index contributed by atoms with van der Waals surface area (Å²) in [6.07, 6.45) is 12.6. The zero-order chi connectivity index (χ0) is 22.7. The van der Waals surface area contributed by atoms with E-state index in [0.717, 1.165) is 35.3 Å². The number of nitrogens with two attached hydrogens (primary N) is 2. The van der Waals surface area contributed by atoms with Crippen LogP contribution in [-0.4, -0.2) is 25.8 Å². The van der Waals surface area contributed by atoms with Gasteiger partial charge in [-0.3, -0.25) is 5.01 Å². The van der Waals surface area contributed by atoms with Crippen molar-refractivity contribution >= 4 is 22.4 Å². The van der Waals surface area contributed by atoms with Crippen molar-refractivity contribution in [3.05, 3.63) is 48.2 Å². The van der Waals surface area contributed by atoms with Crippen LogP contribution in [0.25, 0.3) is 16.9 Å². The first kappa shape index (κ1) is 21.6. The third kappa shape index (κ3) is 4.50. The number of hydrogen-bond donors (Lipinski definition) is 3. The molecule has 0 amide bonds. The van der Waals surface area contributed by atoms with E-state index in [-0.39, 0.29) is 6.04 Å². The van der Waals surface area contributed by atoms with Gasteiger partial charge in [0.1, 0.15) is 6.07 Å². The summed E-state index contributed by atoms with van der Waals surface area (Å²) in [6.45, 7) is 4.12. The predicted octanol–water partition coefficient (Wildman–Crippen LogP) is 3.57. The van der Waals surface area contributed by atoms with Crippen molar-refractivity contribution in [2.45, 2.75) is 52.0 Å². The lowest BCUT2D eigenvalue weighted by Crippen LogP contribution is -2.29. The molecule has 1 saturated carbocycles. The minimum atomic E-state index is 0.183. The normalized spacial score (nSPS) is 15.2. The average Bonchev–Trinajstić information content (AvgIpc) is 3.22. The van der Waals surface area contributed by atoms with Gasteiger partial charge < -0.3 is 11.1 Å². The molecule has 9 nitrogen and oxygen atoms in total. The first-order chi connectivity index (χ1) is 15.5. The van der Waals surface area contributed by atoms with Gasteiger partial charge in [0.15, 0.2) is 11.5 Å². The van der Waals surface area contributed by atoms with Crippen LogP contribution in [0.15, 0.2) is 42.6 Å². The van der Waals surface area contributed by atoms with Gasteiger partial charge in [0.2, 0.25) is 0 Å². The average molecular weight is 432 g/mol. The molecule has 5 N–H and O–H groups in total. The van der Waals surface area contributed by atoms with Crippen molar-refractivity contribution in [2.24, 2.45) is 17.5 Å². The predicted molar refractivity (Wildman–Crippen MR) is 126 cm³/mol. The standard InChI is InChI=1S/C23H29N9/c1-15(2)30-20-9-22(32-23-18(12-29-32)8-16(10-24)11-28-23)27-13-21(20)31(26)14-19(25)17-6-4-3-5-7-17/h8-9,11-15,17H,3-7,25-26H2,1-2H3,(H,27,30)/b19-14-. The third-order valence-corrected chi connectivity index (χ3v) is 5.71. The molecule has 0 aromatic carbocycles. The molecule has 1 aliphatic carbocycles. The second-order valence-electron chi connectivity index (χ2n) is 8.53. The largest absolute Gasteiger partial charge is 0.401 e. The highest BCUT2D eigenvalue weighted by molar-refractivity contribution is 5.78. The van der Waals surface area contributed by atoms with Gasteiger partial charge in [0, 0.05) is 35.6 Å². The Kier molecular flexibility index (Phi) is 6.23. The Morgan fingerprint density at radius 3 is 2.72 bits per heavy atom. The van der Waals surface area contributed by atoms with Crippen LogP contribution in [0.1, 0.15) is 51.5 Å². The van der Waals surface area contributed by atoms with Gasteiger partial charge in [-0.1, -0.05) is 19.3 Å². The quantitative estimate of drug-likeness (QED) is 0.398. The number of fused-ring (bicyclic) bond motifs is 1. The van der Waals surface area contributed by atoms with E-state index >= 15 is 0 Å². The SMILES string of the molecule is CC(C)Nc1cc(-n2ncc3cc(C#N)cnc32)ncc1N(N)/C=C(\N)C1CCCCC1. The molecule has 1 aliphatic rings. The molecule has 9 heteroatoms. The van der Waals surface area contributed by atoms with E-state index in [1.807, 2.05) is 12.3 Å². The summed E-state index contributed by atoms with van der Waals surface area (Å²) < 4.78 is 1.65. The van der Waals surface area contributed by atoms with E-state index in [1.54, 1.807) is 28.2 Å². The molecule has 0 radical (unpaired) electrons. The van der Waals surface area contributed by atoms with Crippen molar-refractivity contribution in [2.75, 3.05) is 10.3 Å². The summed E-state index contributed by atoms with van der Waals surface area (Å²) in [7, 11) is 0. The lowest BCUT2D eigenvalue weighted by molar-refractivity contribution is 0.399. The maximum Gasteiger partial charge on any atom is 0.164 e. The van der Waals surface area contributed by atoms with Crippen molar-refractivity contribution in [1.29, 1.82) is 5.26 Å². The number of nitrogens with one attached hydrogen (secondary N) is 1. The van der Waals surface area contributed by atoms with E-state index in [4.69, 9.17) is 16.8 Å². The Bertz CT molecular complexity index is 1170. The molecule has 166 valence electrons. The summed E-state index contributed by atoms with van der Waals surface area (Å²) in [5, 5.41) is 19.3. The van der Waals surface area contributed by atoms with E-state index in [9.17, 15) is 0 Å². The summed E-state index contributed by atoms with van der Waals surface area (Å²) in [5.41, 5.74) is 9.85. The monoisotopic (exact) mass is 431 g/mol. The fourth-order valence-electron chi connectivity index (χ4n) is 4.11. The molecule has 0 saturated heterocycles. The molecule has 0 spiro atoms. The molecule has 3 aromatic heterocycles. The highest BCUT2D eigenvalue weighted by atomic mass is 15.4. The van der Waals surface area contributed by atoms with Gasteiger partial charge in [-0.25, -0.2) is 15.8 Å². The Morgan fingerprint density at radius 2 is 2.00 bits per heavy atom. The fourth-order valence-corrected chi connectivity index (χ4v) is 4.11. The number of aromatic nitrogens is 4. The van der Waals surface area contributed by atoms with Crippen LogP contribution in [0, 0.1) is 17.2 Å². The zero-order valence-corrected chi connectivity index (χ0v) is 18.5. The minimum Gasteiger partial charge on any atom is -0.401 e. The molecular weight excluding hydrogens is 402 g/mol. The minimum absolute atomic E-state index is 0.183. The summed E-state index contributed by atoms with van der Waals surface area (Å²) >= 11 is 0. The van der Waals surface area contributed by atoms with E-state index in [1.165, 1.54) is 25.5 Å². The van der Waals surface area contributed by atoms with Gasteiger partial charge in [-0.2, -0.15) is 15.0 Å². The van der Waals surface area contributed by atoms with Crippen LogP contribution in [-0.2, 0) is 0 Å². The van der Waals surface area contributed by atoms with Crippen molar-refractivity contribution in [1.82, 2.24) is 19.7 Å². The second kappa shape index (κ2) is 9.24. The van der Waals surface area contributed by atoms with Crippen LogP contribution in [0.2, 0.25) is 0 Å². The van der Waals surface area contributed by atoms with E-state index in [2.05, 4.69) is 40.3 Å². The smallest absolute Gasteiger partial charge is 0.164 e. The van der Waals surface area contributed by atoms with Crippen molar-refractivity contribution in [3.63, 3.8) is 0 Å². The van der Waals surface area contributed by atoms with Crippen LogP contribution >= 0.6 is 0 Å². The molecule has 3 heterocycles. The van der Waals surface area contributed by atoms with Gasteiger partial charge in [0.05, 0.1) is 29.3 Å². The van der Waals surface area contributed by atoms with E-state index in [0.29, 0.717) is 22.9 Å². The topological polar surface area (TPSA) is 135 Å². The molecule has 0 unspecified atom stereocenters. The van der Waals surface area contributed by atoms with Crippen LogP contribution in [0.5, 0.6) is 0 Å². The number of nitrogens with zero attached hydrogens (tertiary/aromatic N) is 6. The van der Waals surface area contributed by atoms with Gasteiger partial charge in [-0.05, 0) is 38.7 Å². The van der Waals surface area contributed by atoms with Gasteiger partial charge in [0.25, 0.3) is 0 Å². The number of pyridine rings is 2. The van der Waals surface area contributed by atoms with Crippen LogP contribution in [0.3, 0.4) is 0 Å². The highest BCUT2D eigenvalue weighted by Gasteiger charge is 2.18. The lowest BCUT2D eigenvalue weighted by atomic mass is 9.87. The number of nitriles is 1. The van der Waals surface area contributed by atoms with Crippen LogP contribution < -0.4 is 21.9 Å². The van der Waals surface area contributed by atoms with E-state index < -0.39 is 0 Å². The Morgan fingerprint density at radius 1 is 1.22 bits per heavy atom. The molecular formula is C23H29N9. The van der Waals surface area contributed by atoms with Gasteiger partial charge >= 0.3 is 0 Å². The molecule has 3 aromatic rings. The lowest BCUT2D eigenvalue weighted by Gasteiger charge is -2.25. The second-order valence-corrected chi connectivity index (χ2v) is 8.53. The third-order valence-electron chi connectivity index (χ3n) is 5.71. The molecule has 0 atom stereocenters. The summed E-state index contributed by atoms with van der Waals surface area (Å²) in [6, 6.07) is 5.93. The maximum absolute atomic E-state index is 9.10. The highest BCUT2D eigenvalue weighted by Crippen LogP contribution is 2.30. The Labute approximate surface area is 187 Å². The number of hydrazine groups is 1.